The summed E-state index contributed by atoms with van der Waals surface area (Å²) in [5, 5.41) is 3.67. The summed E-state index contributed by atoms with van der Waals surface area (Å²) in [6.45, 7) is 14.5. The third kappa shape index (κ3) is 7.38. The molecule has 1 saturated carbocycles. The molecule has 18 heavy (non-hydrogen) atoms. The van der Waals surface area contributed by atoms with Crippen LogP contribution in [0.5, 0.6) is 0 Å². The van der Waals surface area contributed by atoms with Crippen molar-refractivity contribution in [2.75, 3.05) is 19.8 Å². The minimum absolute atomic E-state index is 0.378. The highest BCUT2D eigenvalue weighted by Crippen LogP contribution is 2.29. The van der Waals surface area contributed by atoms with Gasteiger partial charge in [0.2, 0.25) is 0 Å². The summed E-state index contributed by atoms with van der Waals surface area (Å²) in [7, 11) is 0. The summed E-state index contributed by atoms with van der Waals surface area (Å²) in [5.41, 5.74) is 0.378. The minimum Gasteiger partial charge on any atom is -0.381 e. The highest BCUT2D eigenvalue weighted by Gasteiger charge is 2.27. The van der Waals surface area contributed by atoms with Crippen LogP contribution in [-0.4, -0.2) is 25.8 Å². The number of hydrogen-bond donors (Lipinski definition) is 1. The predicted molar refractivity (Wildman–Crippen MR) is 78.9 cm³/mol. The fourth-order valence-electron chi connectivity index (χ4n) is 2.08. The minimum atomic E-state index is 0.378. The van der Waals surface area contributed by atoms with Crippen molar-refractivity contribution in [3.05, 3.63) is 0 Å². The van der Waals surface area contributed by atoms with Gasteiger partial charge < -0.3 is 10.1 Å². The van der Waals surface area contributed by atoms with Crippen LogP contribution in [0.1, 0.15) is 60.3 Å². The Kier molecular flexibility index (Phi) is 6.65. The second-order valence-electron chi connectivity index (χ2n) is 7.33. The molecule has 1 rings (SSSR count). The predicted octanol–water partition coefficient (Wildman–Crippen LogP) is 3.85. The molecule has 0 aromatic carbocycles. The molecule has 0 spiro atoms. The molecule has 2 nitrogen and oxygen atoms in total. The van der Waals surface area contributed by atoms with Gasteiger partial charge in [-0.15, -0.1) is 0 Å². The summed E-state index contributed by atoms with van der Waals surface area (Å²) in [5.74, 6) is 1.47. The zero-order chi connectivity index (χ0) is 13.6. The van der Waals surface area contributed by atoms with Crippen molar-refractivity contribution < 1.29 is 4.74 Å². The van der Waals surface area contributed by atoms with Crippen LogP contribution in [-0.2, 0) is 4.74 Å². The Hall–Kier alpha value is -0.0800. The van der Waals surface area contributed by atoms with Gasteiger partial charge in [-0.2, -0.15) is 0 Å². The molecule has 1 unspecified atom stereocenters. The van der Waals surface area contributed by atoms with E-state index in [-0.39, 0.29) is 0 Å². The van der Waals surface area contributed by atoms with Gasteiger partial charge in [0, 0.05) is 19.3 Å². The molecule has 0 aromatic rings. The zero-order valence-corrected chi connectivity index (χ0v) is 13.1. The number of rotatable bonds is 9. The topological polar surface area (TPSA) is 21.3 Å². The third-order valence-electron chi connectivity index (χ3n) is 3.91. The zero-order valence-electron chi connectivity index (χ0n) is 13.1. The maximum atomic E-state index is 5.76. The van der Waals surface area contributed by atoms with Gasteiger partial charge in [-0.05, 0) is 49.5 Å². The van der Waals surface area contributed by atoms with Gasteiger partial charge in [0.05, 0.1) is 0 Å². The van der Waals surface area contributed by atoms with Crippen molar-refractivity contribution in [3.63, 3.8) is 0 Å². The van der Waals surface area contributed by atoms with Crippen LogP contribution in [0.4, 0.5) is 0 Å². The Balaban J connectivity index is 2.14. The lowest BCUT2D eigenvalue weighted by atomic mass is 9.79. The Labute approximate surface area is 114 Å². The monoisotopic (exact) mass is 255 g/mol. The first kappa shape index (κ1) is 16.0. The van der Waals surface area contributed by atoms with E-state index in [4.69, 9.17) is 4.74 Å². The van der Waals surface area contributed by atoms with E-state index in [0.29, 0.717) is 5.41 Å². The molecule has 1 N–H and O–H groups in total. The van der Waals surface area contributed by atoms with Gasteiger partial charge in [-0.25, -0.2) is 0 Å². The Morgan fingerprint density at radius 1 is 1.11 bits per heavy atom. The lowest BCUT2D eigenvalue weighted by Gasteiger charge is -2.31. The fraction of sp³-hybridized carbons (Fsp3) is 1.00. The summed E-state index contributed by atoms with van der Waals surface area (Å²) in [6.07, 6.45) is 5.12. The highest BCUT2D eigenvalue weighted by atomic mass is 16.5. The van der Waals surface area contributed by atoms with Crippen molar-refractivity contribution in [1.82, 2.24) is 5.32 Å². The van der Waals surface area contributed by atoms with Crippen LogP contribution in [0.3, 0.4) is 0 Å². The quantitative estimate of drug-likeness (QED) is 0.632. The van der Waals surface area contributed by atoms with E-state index in [1.165, 1.54) is 25.7 Å². The molecule has 108 valence electrons. The molecule has 2 heteroatoms. The van der Waals surface area contributed by atoms with E-state index in [1.54, 1.807) is 0 Å². The summed E-state index contributed by atoms with van der Waals surface area (Å²) < 4.78 is 5.76. The maximum Gasteiger partial charge on any atom is 0.0469 e. The van der Waals surface area contributed by atoms with E-state index in [9.17, 15) is 0 Å². The van der Waals surface area contributed by atoms with Crippen LogP contribution in [0.15, 0.2) is 0 Å². The molecule has 0 saturated heterocycles. The van der Waals surface area contributed by atoms with Crippen LogP contribution in [0, 0.1) is 17.3 Å². The first-order valence-electron chi connectivity index (χ1n) is 7.70. The molecule has 0 bridgehead atoms. The molecule has 1 fully saturated rings. The molecule has 0 heterocycles. The molecule has 0 aliphatic heterocycles. The van der Waals surface area contributed by atoms with Gasteiger partial charge in [0.25, 0.3) is 0 Å². The normalized spacial score (nSPS) is 18.3. The van der Waals surface area contributed by atoms with Crippen LogP contribution in [0.2, 0.25) is 0 Å². The Morgan fingerprint density at radius 3 is 2.22 bits per heavy atom. The molecule has 0 amide bonds. The number of hydrogen-bond acceptors (Lipinski definition) is 2. The van der Waals surface area contributed by atoms with Crippen LogP contribution in [0.25, 0.3) is 0 Å². The lowest BCUT2D eigenvalue weighted by molar-refractivity contribution is 0.0896. The summed E-state index contributed by atoms with van der Waals surface area (Å²) >= 11 is 0. The van der Waals surface area contributed by atoms with E-state index in [2.05, 4.69) is 39.9 Å². The second-order valence-corrected chi connectivity index (χ2v) is 7.33. The average molecular weight is 255 g/mol. The lowest BCUT2D eigenvalue weighted by Crippen LogP contribution is -2.33. The van der Waals surface area contributed by atoms with Gasteiger partial charge in [0.1, 0.15) is 0 Å². The van der Waals surface area contributed by atoms with Gasteiger partial charge in [0.15, 0.2) is 0 Å². The summed E-state index contributed by atoms with van der Waals surface area (Å²) in [6, 6.07) is 0.816. The molecule has 1 aliphatic rings. The average Bonchev–Trinajstić information content (AvgIpc) is 3.03. The van der Waals surface area contributed by atoms with Crippen molar-refractivity contribution in [2.45, 2.75) is 66.3 Å². The van der Waals surface area contributed by atoms with Gasteiger partial charge in [-0.1, -0.05) is 34.6 Å². The Morgan fingerprint density at radius 2 is 1.72 bits per heavy atom. The Bertz CT molecular complexity index is 216. The largest absolute Gasteiger partial charge is 0.381 e. The molecule has 0 radical (unpaired) electrons. The van der Waals surface area contributed by atoms with E-state index in [0.717, 1.165) is 37.6 Å². The number of nitrogens with one attached hydrogen (secondary N) is 1. The fourth-order valence-corrected chi connectivity index (χ4v) is 2.08. The third-order valence-corrected chi connectivity index (χ3v) is 3.91. The number of ether oxygens (including phenoxy) is 1. The van der Waals surface area contributed by atoms with Gasteiger partial charge in [-0.3, -0.25) is 0 Å². The van der Waals surface area contributed by atoms with Crippen molar-refractivity contribution in [3.8, 4) is 0 Å². The van der Waals surface area contributed by atoms with Crippen LogP contribution >= 0.6 is 0 Å². The second kappa shape index (κ2) is 7.49. The standard InChI is InChI=1S/C16H33NO/c1-13(2)8-10-18-11-9-14(16(3,4)5)12-17-15-6-7-15/h13-15,17H,6-12H2,1-5H3. The first-order chi connectivity index (χ1) is 8.39. The smallest absolute Gasteiger partial charge is 0.0469 e. The summed E-state index contributed by atoms with van der Waals surface area (Å²) in [4.78, 5) is 0. The molecular formula is C16H33NO. The van der Waals surface area contributed by atoms with E-state index < -0.39 is 0 Å². The van der Waals surface area contributed by atoms with Crippen molar-refractivity contribution in [2.24, 2.45) is 17.3 Å². The van der Waals surface area contributed by atoms with E-state index >= 15 is 0 Å². The van der Waals surface area contributed by atoms with Crippen LogP contribution < -0.4 is 5.32 Å². The van der Waals surface area contributed by atoms with E-state index in [1.807, 2.05) is 0 Å². The highest BCUT2D eigenvalue weighted by molar-refractivity contribution is 4.84. The molecule has 1 atom stereocenters. The first-order valence-corrected chi connectivity index (χ1v) is 7.70. The molecule has 0 aromatic heterocycles. The molecular weight excluding hydrogens is 222 g/mol. The SMILES string of the molecule is CC(C)CCOCCC(CNC1CC1)C(C)(C)C. The van der Waals surface area contributed by atoms with Gasteiger partial charge >= 0.3 is 0 Å². The maximum absolute atomic E-state index is 5.76. The van der Waals surface area contributed by atoms with Crippen molar-refractivity contribution >= 4 is 0 Å². The molecule has 1 aliphatic carbocycles. The van der Waals surface area contributed by atoms with Crippen molar-refractivity contribution in [1.29, 1.82) is 0 Å².